The summed E-state index contributed by atoms with van der Waals surface area (Å²) in [5.41, 5.74) is 1.75. The zero-order valence-corrected chi connectivity index (χ0v) is 16.4. The Balaban J connectivity index is 1.67. The van der Waals surface area contributed by atoms with Gasteiger partial charge in [0.05, 0.1) is 19.0 Å². The van der Waals surface area contributed by atoms with Crippen LogP contribution in [0.3, 0.4) is 0 Å². The summed E-state index contributed by atoms with van der Waals surface area (Å²) in [6, 6.07) is 20.1. The molecule has 4 rings (SSSR count). The maximum absolute atomic E-state index is 13.0. The summed E-state index contributed by atoms with van der Waals surface area (Å²) < 4.78 is 6.45. The first-order valence-corrected chi connectivity index (χ1v) is 9.46. The molecule has 0 spiro atoms. The lowest BCUT2D eigenvalue weighted by atomic mass is 10.1. The number of nitrogens with one attached hydrogen (secondary N) is 1. The van der Waals surface area contributed by atoms with Gasteiger partial charge < -0.3 is 10.1 Å². The SMILES string of the molecule is COc1cc(CNC(=O)c2nn(Cc3ccccc3)c(=O)c3ccccc23)ccn1. The van der Waals surface area contributed by atoms with Crippen LogP contribution < -0.4 is 15.6 Å². The van der Waals surface area contributed by atoms with Crippen molar-refractivity contribution in [1.29, 1.82) is 0 Å². The van der Waals surface area contributed by atoms with Gasteiger partial charge >= 0.3 is 0 Å². The molecule has 0 aliphatic rings. The molecule has 2 aromatic carbocycles. The van der Waals surface area contributed by atoms with Crippen LogP contribution in [-0.2, 0) is 13.1 Å². The third kappa shape index (κ3) is 4.05. The second-order valence-electron chi connectivity index (χ2n) is 6.73. The van der Waals surface area contributed by atoms with Gasteiger partial charge in [-0.05, 0) is 23.3 Å². The molecule has 0 bridgehead atoms. The lowest BCUT2D eigenvalue weighted by molar-refractivity contribution is 0.0945. The molecular formula is C23H20N4O3. The maximum atomic E-state index is 13.0. The zero-order chi connectivity index (χ0) is 20.9. The molecule has 1 N–H and O–H groups in total. The summed E-state index contributed by atoms with van der Waals surface area (Å²) in [7, 11) is 1.54. The minimum Gasteiger partial charge on any atom is -0.481 e. The topological polar surface area (TPSA) is 86.1 Å². The van der Waals surface area contributed by atoms with Gasteiger partial charge in [-0.1, -0.05) is 48.5 Å². The molecular weight excluding hydrogens is 380 g/mol. The number of amides is 1. The van der Waals surface area contributed by atoms with Crippen molar-refractivity contribution in [2.45, 2.75) is 13.1 Å². The van der Waals surface area contributed by atoms with E-state index in [4.69, 9.17) is 4.74 Å². The van der Waals surface area contributed by atoms with Crippen molar-refractivity contribution in [3.8, 4) is 5.88 Å². The zero-order valence-electron chi connectivity index (χ0n) is 16.4. The van der Waals surface area contributed by atoms with Crippen molar-refractivity contribution < 1.29 is 9.53 Å². The van der Waals surface area contributed by atoms with Crippen LogP contribution in [0.25, 0.3) is 10.8 Å². The van der Waals surface area contributed by atoms with Crippen LogP contribution in [0.2, 0.25) is 0 Å². The van der Waals surface area contributed by atoms with Crippen molar-refractivity contribution in [3.05, 3.63) is 100 Å². The van der Waals surface area contributed by atoms with Crippen LogP contribution in [-0.4, -0.2) is 27.8 Å². The molecule has 0 radical (unpaired) electrons. The first kappa shape index (κ1) is 19.3. The Morgan fingerprint density at radius 1 is 1.00 bits per heavy atom. The van der Waals surface area contributed by atoms with E-state index < -0.39 is 0 Å². The Kier molecular flexibility index (Phi) is 5.52. The number of carbonyl (C=O) groups excluding carboxylic acids is 1. The van der Waals surface area contributed by atoms with Crippen LogP contribution in [0, 0.1) is 0 Å². The number of benzene rings is 2. The van der Waals surface area contributed by atoms with Crippen molar-refractivity contribution >= 4 is 16.7 Å². The second-order valence-corrected chi connectivity index (χ2v) is 6.73. The molecule has 2 heterocycles. The Morgan fingerprint density at radius 3 is 2.50 bits per heavy atom. The van der Waals surface area contributed by atoms with E-state index in [1.165, 1.54) is 11.8 Å². The highest BCUT2D eigenvalue weighted by Crippen LogP contribution is 2.15. The van der Waals surface area contributed by atoms with Gasteiger partial charge in [-0.25, -0.2) is 9.67 Å². The van der Waals surface area contributed by atoms with Crippen LogP contribution in [0.15, 0.2) is 77.7 Å². The molecule has 0 atom stereocenters. The standard InChI is InChI=1S/C23H20N4O3/c1-30-20-13-17(11-12-24-20)14-25-22(28)21-18-9-5-6-10-19(18)23(29)27(26-21)15-16-7-3-2-4-8-16/h2-13H,14-15H2,1H3,(H,25,28). The maximum Gasteiger partial charge on any atom is 0.274 e. The van der Waals surface area contributed by atoms with Gasteiger partial charge in [0, 0.05) is 24.2 Å². The molecule has 0 aliphatic heterocycles. The Morgan fingerprint density at radius 2 is 1.73 bits per heavy atom. The average molecular weight is 400 g/mol. The largest absolute Gasteiger partial charge is 0.481 e. The fourth-order valence-corrected chi connectivity index (χ4v) is 3.20. The number of carbonyl (C=O) groups is 1. The van der Waals surface area contributed by atoms with Crippen LogP contribution in [0.1, 0.15) is 21.6 Å². The molecule has 150 valence electrons. The van der Waals surface area contributed by atoms with E-state index in [9.17, 15) is 9.59 Å². The molecule has 0 fully saturated rings. The molecule has 0 aliphatic carbocycles. The van der Waals surface area contributed by atoms with Crippen molar-refractivity contribution in [3.63, 3.8) is 0 Å². The Labute approximate surface area is 173 Å². The van der Waals surface area contributed by atoms with Crippen LogP contribution in [0.4, 0.5) is 0 Å². The van der Waals surface area contributed by atoms with Gasteiger partial charge in [0.1, 0.15) is 0 Å². The third-order valence-corrected chi connectivity index (χ3v) is 4.72. The quantitative estimate of drug-likeness (QED) is 0.538. The molecule has 7 heteroatoms. The number of hydrogen-bond acceptors (Lipinski definition) is 5. The van der Waals surface area contributed by atoms with Crippen LogP contribution in [0.5, 0.6) is 5.88 Å². The van der Waals surface area contributed by atoms with Gasteiger partial charge in [-0.2, -0.15) is 5.10 Å². The number of methoxy groups -OCH3 is 1. The first-order valence-electron chi connectivity index (χ1n) is 9.46. The molecule has 0 saturated heterocycles. The second kappa shape index (κ2) is 8.57. The predicted octanol–water partition coefficient (Wildman–Crippen LogP) is 2.78. The van der Waals surface area contributed by atoms with Crippen molar-refractivity contribution in [2.75, 3.05) is 7.11 Å². The normalized spacial score (nSPS) is 10.7. The molecule has 0 unspecified atom stereocenters. The third-order valence-electron chi connectivity index (χ3n) is 4.72. The van der Waals surface area contributed by atoms with E-state index in [0.29, 0.717) is 16.7 Å². The smallest absolute Gasteiger partial charge is 0.274 e. The number of fused-ring (bicyclic) bond motifs is 1. The van der Waals surface area contributed by atoms with E-state index in [0.717, 1.165) is 11.1 Å². The minimum absolute atomic E-state index is 0.210. The predicted molar refractivity (Wildman–Crippen MR) is 114 cm³/mol. The number of pyridine rings is 1. The average Bonchev–Trinajstić information content (AvgIpc) is 2.80. The van der Waals surface area contributed by atoms with Gasteiger partial charge in [-0.15, -0.1) is 0 Å². The summed E-state index contributed by atoms with van der Waals surface area (Å²) in [5.74, 6) is 0.116. The fraction of sp³-hybridized carbons (Fsp3) is 0.130. The highest BCUT2D eigenvalue weighted by molar-refractivity contribution is 6.04. The highest BCUT2D eigenvalue weighted by atomic mass is 16.5. The molecule has 1 amide bonds. The van der Waals surface area contributed by atoms with E-state index in [1.807, 2.05) is 30.3 Å². The van der Waals surface area contributed by atoms with Crippen molar-refractivity contribution in [2.24, 2.45) is 0 Å². The lowest BCUT2D eigenvalue weighted by Gasteiger charge is -2.12. The summed E-state index contributed by atoms with van der Waals surface area (Å²) in [6.07, 6.45) is 1.62. The summed E-state index contributed by atoms with van der Waals surface area (Å²) in [6.45, 7) is 0.567. The van der Waals surface area contributed by atoms with Gasteiger partial charge in [-0.3, -0.25) is 9.59 Å². The summed E-state index contributed by atoms with van der Waals surface area (Å²) in [4.78, 5) is 29.9. The van der Waals surface area contributed by atoms with E-state index in [2.05, 4.69) is 15.4 Å². The number of aromatic nitrogens is 3. The first-order chi connectivity index (χ1) is 14.7. The van der Waals surface area contributed by atoms with E-state index >= 15 is 0 Å². The molecule has 30 heavy (non-hydrogen) atoms. The number of hydrogen-bond donors (Lipinski definition) is 1. The summed E-state index contributed by atoms with van der Waals surface area (Å²) >= 11 is 0. The van der Waals surface area contributed by atoms with Gasteiger partial charge in [0.2, 0.25) is 5.88 Å². The van der Waals surface area contributed by atoms with E-state index in [-0.39, 0.29) is 30.2 Å². The van der Waals surface area contributed by atoms with Crippen LogP contribution >= 0.6 is 0 Å². The van der Waals surface area contributed by atoms with Crippen molar-refractivity contribution in [1.82, 2.24) is 20.1 Å². The molecule has 4 aromatic rings. The fourth-order valence-electron chi connectivity index (χ4n) is 3.20. The molecule has 7 nitrogen and oxygen atoms in total. The molecule has 2 aromatic heterocycles. The Hall–Kier alpha value is -4.00. The molecule has 0 saturated carbocycles. The Bertz CT molecular complexity index is 1250. The van der Waals surface area contributed by atoms with E-state index in [1.54, 1.807) is 42.6 Å². The number of rotatable bonds is 6. The van der Waals surface area contributed by atoms with Gasteiger partial charge in [0.25, 0.3) is 11.5 Å². The highest BCUT2D eigenvalue weighted by Gasteiger charge is 2.16. The minimum atomic E-state index is -0.358. The number of ether oxygens (including phenoxy) is 1. The lowest BCUT2D eigenvalue weighted by Crippen LogP contribution is -2.30. The van der Waals surface area contributed by atoms with Gasteiger partial charge in [0.15, 0.2) is 5.69 Å². The summed E-state index contributed by atoms with van der Waals surface area (Å²) in [5, 5.41) is 8.25. The monoisotopic (exact) mass is 400 g/mol. The number of nitrogens with zero attached hydrogens (tertiary/aromatic N) is 3.